The lowest BCUT2D eigenvalue weighted by molar-refractivity contribution is 0.323. The largest absolute Gasteiger partial charge is 0.493 e. The molecule has 0 aromatic heterocycles. The molecule has 9 heteroatoms. The molecular formula is C15H25N3O5S. The molecule has 0 aliphatic rings. The van der Waals surface area contributed by atoms with E-state index in [0.29, 0.717) is 29.8 Å². The fourth-order valence-corrected chi connectivity index (χ4v) is 2.47. The average molecular weight is 359 g/mol. The summed E-state index contributed by atoms with van der Waals surface area (Å²) in [5.74, 6) is 2.20. The van der Waals surface area contributed by atoms with Crippen LogP contribution < -0.4 is 24.8 Å². The van der Waals surface area contributed by atoms with Crippen molar-refractivity contribution >= 4 is 15.8 Å². The number of aliphatic imine (C=N–C) groups is 1. The average Bonchev–Trinajstić information content (AvgIpc) is 2.55. The minimum atomic E-state index is -3.01. The standard InChI is InChI=1S/C15H25N3O5S/c1-16-15(17-6-7-24(5,19)20)18-10-11-8-12(21-2)14(23-4)13(9-11)22-3/h8-9H,6-7,10H2,1-5H3,(H2,16,17,18). The van der Waals surface area contributed by atoms with Crippen LogP contribution in [-0.2, 0) is 16.4 Å². The number of methoxy groups -OCH3 is 3. The smallest absolute Gasteiger partial charge is 0.203 e. The van der Waals surface area contributed by atoms with Gasteiger partial charge < -0.3 is 24.8 Å². The number of hydrogen-bond donors (Lipinski definition) is 2. The normalized spacial score (nSPS) is 11.8. The third kappa shape index (κ3) is 6.15. The molecule has 0 spiro atoms. The molecule has 1 aromatic rings. The van der Waals surface area contributed by atoms with Gasteiger partial charge in [-0.25, -0.2) is 8.42 Å². The monoisotopic (exact) mass is 359 g/mol. The third-order valence-electron chi connectivity index (χ3n) is 3.17. The van der Waals surface area contributed by atoms with Crippen LogP contribution in [0.1, 0.15) is 5.56 Å². The first-order valence-electron chi connectivity index (χ1n) is 7.25. The first-order chi connectivity index (χ1) is 11.3. The highest BCUT2D eigenvalue weighted by Crippen LogP contribution is 2.38. The second-order valence-corrected chi connectivity index (χ2v) is 7.28. The number of nitrogens with one attached hydrogen (secondary N) is 2. The van der Waals surface area contributed by atoms with E-state index in [1.807, 2.05) is 12.1 Å². The predicted octanol–water partition coefficient (Wildman–Crippen LogP) is 0.422. The second kappa shape index (κ2) is 9.21. The number of ether oxygens (including phenoxy) is 3. The van der Waals surface area contributed by atoms with Crippen LogP contribution in [-0.4, -0.2) is 61.3 Å². The van der Waals surface area contributed by atoms with E-state index in [-0.39, 0.29) is 12.3 Å². The zero-order valence-corrected chi connectivity index (χ0v) is 15.5. The zero-order chi connectivity index (χ0) is 18.2. The summed E-state index contributed by atoms with van der Waals surface area (Å²) >= 11 is 0. The van der Waals surface area contributed by atoms with E-state index in [1.54, 1.807) is 28.4 Å². The van der Waals surface area contributed by atoms with Gasteiger partial charge in [-0.05, 0) is 17.7 Å². The summed E-state index contributed by atoms with van der Waals surface area (Å²) in [6.45, 7) is 0.739. The molecule has 1 aromatic carbocycles. The second-order valence-electron chi connectivity index (χ2n) is 5.02. The van der Waals surface area contributed by atoms with Crippen molar-refractivity contribution in [2.75, 3.05) is 46.9 Å². The maximum Gasteiger partial charge on any atom is 0.203 e. The molecule has 2 N–H and O–H groups in total. The first kappa shape index (κ1) is 19.9. The fraction of sp³-hybridized carbons (Fsp3) is 0.533. The van der Waals surface area contributed by atoms with Crippen molar-refractivity contribution in [2.24, 2.45) is 4.99 Å². The summed E-state index contributed by atoms with van der Waals surface area (Å²) < 4.78 is 38.2. The van der Waals surface area contributed by atoms with Gasteiger partial charge in [0.25, 0.3) is 0 Å². The molecule has 8 nitrogen and oxygen atoms in total. The van der Waals surface area contributed by atoms with Crippen LogP contribution in [0.3, 0.4) is 0 Å². The molecule has 0 unspecified atom stereocenters. The molecule has 0 heterocycles. The minimum Gasteiger partial charge on any atom is -0.493 e. The van der Waals surface area contributed by atoms with E-state index in [9.17, 15) is 8.42 Å². The number of guanidine groups is 1. The molecular weight excluding hydrogens is 334 g/mol. The van der Waals surface area contributed by atoms with Gasteiger partial charge in [0, 0.05) is 26.4 Å². The van der Waals surface area contributed by atoms with Crippen LogP contribution in [0.4, 0.5) is 0 Å². The van der Waals surface area contributed by atoms with Crippen LogP contribution >= 0.6 is 0 Å². The van der Waals surface area contributed by atoms with Crippen molar-refractivity contribution in [1.29, 1.82) is 0 Å². The Kier molecular flexibility index (Phi) is 7.63. The van der Waals surface area contributed by atoms with E-state index in [4.69, 9.17) is 14.2 Å². The van der Waals surface area contributed by atoms with Crippen LogP contribution in [0, 0.1) is 0 Å². The third-order valence-corrected chi connectivity index (χ3v) is 4.12. The van der Waals surface area contributed by atoms with Crippen molar-refractivity contribution < 1.29 is 22.6 Å². The van der Waals surface area contributed by atoms with Crippen molar-refractivity contribution in [3.63, 3.8) is 0 Å². The van der Waals surface area contributed by atoms with Gasteiger partial charge in [0.15, 0.2) is 17.5 Å². The van der Waals surface area contributed by atoms with Gasteiger partial charge >= 0.3 is 0 Å². The fourth-order valence-electron chi connectivity index (χ4n) is 2.00. The van der Waals surface area contributed by atoms with Gasteiger partial charge in [0.05, 0.1) is 27.1 Å². The maximum absolute atomic E-state index is 11.1. The Hall–Kier alpha value is -2.16. The Morgan fingerprint density at radius 3 is 2.08 bits per heavy atom. The number of sulfone groups is 1. The van der Waals surface area contributed by atoms with Crippen molar-refractivity contribution in [2.45, 2.75) is 6.54 Å². The van der Waals surface area contributed by atoms with E-state index >= 15 is 0 Å². The highest BCUT2D eigenvalue weighted by molar-refractivity contribution is 7.90. The molecule has 0 radical (unpaired) electrons. The topological polar surface area (TPSA) is 98.3 Å². The summed E-state index contributed by atoms with van der Waals surface area (Å²) in [6.07, 6.45) is 1.20. The molecule has 0 fully saturated rings. The molecule has 0 aliphatic carbocycles. The number of benzene rings is 1. The summed E-state index contributed by atoms with van der Waals surface area (Å²) in [4.78, 5) is 4.05. The molecule has 136 valence electrons. The Labute approximate surface area is 143 Å². The molecule has 0 saturated heterocycles. The Bertz CT molecular complexity index is 649. The quantitative estimate of drug-likeness (QED) is 0.513. The summed E-state index contributed by atoms with van der Waals surface area (Å²) in [5, 5.41) is 6.05. The number of hydrogen-bond acceptors (Lipinski definition) is 6. The van der Waals surface area contributed by atoms with Gasteiger partial charge in [-0.15, -0.1) is 0 Å². The summed E-state index contributed by atoms with van der Waals surface area (Å²) in [7, 11) is 3.26. The Morgan fingerprint density at radius 2 is 1.67 bits per heavy atom. The molecule has 0 amide bonds. The Morgan fingerprint density at radius 1 is 1.08 bits per heavy atom. The Balaban J connectivity index is 2.75. The molecule has 0 saturated carbocycles. The van der Waals surface area contributed by atoms with Crippen LogP contribution in [0.15, 0.2) is 17.1 Å². The number of rotatable bonds is 8. The first-order valence-corrected chi connectivity index (χ1v) is 9.31. The van der Waals surface area contributed by atoms with Gasteiger partial charge in [-0.3, -0.25) is 4.99 Å². The highest BCUT2D eigenvalue weighted by Gasteiger charge is 2.13. The van der Waals surface area contributed by atoms with Crippen molar-refractivity contribution in [1.82, 2.24) is 10.6 Å². The van der Waals surface area contributed by atoms with E-state index in [0.717, 1.165) is 5.56 Å². The molecule has 1 rings (SSSR count). The SMILES string of the molecule is CN=C(NCCS(C)(=O)=O)NCc1cc(OC)c(OC)c(OC)c1. The minimum absolute atomic E-state index is 0.0396. The van der Waals surface area contributed by atoms with E-state index in [2.05, 4.69) is 15.6 Å². The van der Waals surface area contributed by atoms with Crippen LogP contribution in [0.25, 0.3) is 0 Å². The lowest BCUT2D eigenvalue weighted by Gasteiger charge is -2.15. The van der Waals surface area contributed by atoms with E-state index < -0.39 is 9.84 Å². The van der Waals surface area contributed by atoms with Crippen LogP contribution in [0.5, 0.6) is 17.2 Å². The van der Waals surface area contributed by atoms with Crippen LogP contribution in [0.2, 0.25) is 0 Å². The maximum atomic E-state index is 11.1. The van der Waals surface area contributed by atoms with Gasteiger partial charge in [0.2, 0.25) is 5.75 Å². The predicted molar refractivity (Wildman–Crippen MR) is 94.0 cm³/mol. The number of nitrogens with zero attached hydrogens (tertiary/aromatic N) is 1. The van der Waals surface area contributed by atoms with Gasteiger partial charge in [0.1, 0.15) is 9.84 Å². The van der Waals surface area contributed by atoms with Gasteiger partial charge in [-0.1, -0.05) is 0 Å². The zero-order valence-electron chi connectivity index (χ0n) is 14.7. The van der Waals surface area contributed by atoms with Crippen molar-refractivity contribution in [3.8, 4) is 17.2 Å². The summed E-state index contributed by atoms with van der Waals surface area (Å²) in [6, 6.07) is 3.66. The lowest BCUT2D eigenvalue weighted by Crippen LogP contribution is -2.39. The van der Waals surface area contributed by atoms with Crippen molar-refractivity contribution in [3.05, 3.63) is 17.7 Å². The molecule has 0 atom stereocenters. The lowest BCUT2D eigenvalue weighted by atomic mass is 10.2. The van der Waals surface area contributed by atoms with Gasteiger partial charge in [-0.2, -0.15) is 0 Å². The van der Waals surface area contributed by atoms with E-state index in [1.165, 1.54) is 6.26 Å². The molecule has 24 heavy (non-hydrogen) atoms. The molecule has 0 aliphatic heterocycles. The molecule has 0 bridgehead atoms. The summed E-state index contributed by atoms with van der Waals surface area (Å²) in [5.41, 5.74) is 0.899. The highest BCUT2D eigenvalue weighted by atomic mass is 32.2.